The highest BCUT2D eigenvalue weighted by molar-refractivity contribution is 6.10. The van der Waals surface area contributed by atoms with Gasteiger partial charge in [-0.05, 0) is 182 Å². The van der Waals surface area contributed by atoms with Crippen molar-refractivity contribution >= 4 is 33.8 Å². The second-order valence-electron chi connectivity index (χ2n) is 25.6. The van der Waals surface area contributed by atoms with Gasteiger partial charge in [0, 0.05) is 45.2 Å². The Morgan fingerprint density at radius 2 is 1.13 bits per heavy atom. The van der Waals surface area contributed by atoms with Crippen LogP contribution >= 0.6 is 0 Å². The van der Waals surface area contributed by atoms with E-state index in [1.54, 1.807) is 16.7 Å². The highest BCUT2D eigenvalue weighted by Gasteiger charge is 2.60. The van der Waals surface area contributed by atoms with Crippen molar-refractivity contribution in [1.29, 1.82) is 0 Å². The minimum Gasteiger partial charge on any atom is -0.314 e. The van der Waals surface area contributed by atoms with Gasteiger partial charge in [-0.15, -0.1) is 0 Å². The fourth-order valence-corrected chi connectivity index (χ4v) is 15.7. The summed E-state index contributed by atoms with van der Waals surface area (Å²) >= 11 is 0. The Hall–Kier alpha value is -7.22. The molecule has 7 aliphatic carbocycles. The molecule has 0 amide bonds. The maximum absolute atomic E-state index is 2.62. The normalized spacial score (nSPS) is 22.3. The van der Waals surface area contributed by atoms with Crippen LogP contribution in [-0.2, 0) is 10.8 Å². The second kappa shape index (κ2) is 15.7. The molecule has 1 heteroatoms. The van der Waals surface area contributed by atoms with Crippen LogP contribution in [0.2, 0.25) is 0 Å². The first-order valence-electron chi connectivity index (χ1n) is 27.7. The Morgan fingerprint density at radius 3 is 1.79 bits per heavy atom. The van der Waals surface area contributed by atoms with E-state index in [0.29, 0.717) is 17.8 Å². The first kappa shape index (κ1) is 46.3. The minimum atomic E-state index is -0.147. The van der Waals surface area contributed by atoms with Crippen molar-refractivity contribution in [3.8, 4) is 22.3 Å². The fourth-order valence-electron chi connectivity index (χ4n) is 15.7. The fraction of sp³-hybridized carbons (Fsp3) is 0.270. The Kier molecular flexibility index (Phi) is 9.68. The van der Waals surface area contributed by atoms with Crippen molar-refractivity contribution in [3.05, 3.63) is 259 Å². The average Bonchev–Trinajstić information content (AvgIpc) is 3.86. The molecule has 7 aromatic rings. The zero-order valence-corrected chi connectivity index (χ0v) is 46.1. The van der Waals surface area contributed by atoms with Gasteiger partial charge in [0.25, 0.3) is 0 Å². The van der Waals surface area contributed by atoms with E-state index >= 15 is 0 Å². The van der Waals surface area contributed by atoms with Crippen LogP contribution in [0.3, 0.4) is 0 Å². The summed E-state index contributed by atoms with van der Waals surface area (Å²) < 4.78 is 0. The summed E-state index contributed by atoms with van der Waals surface area (Å²) in [4.78, 5) is 2.57. The molecule has 1 fully saturated rings. The molecule has 1 saturated carbocycles. The van der Waals surface area contributed by atoms with E-state index in [9.17, 15) is 0 Å². The summed E-state index contributed by atoms with van der Waals surface area (Å²) in [6, 6.07) is 51.5. The molecule has 0 bridgehead atoms. The molecule has 0 spiro atoms. The topological polar surface area (TPSA) is 3.24 Å². The van der Waals surface area contributed by atoms with Gasteiger partial charge in [-0.2, -0.15) is 0 Å². The SMILES string of the molecule is CC1=C2C=CC=C3C2C2C(=C1)C(C)(C)C1CC(N(c4ccc(C)cc4)c4ccc(-c5ccc(C(=Cc6cc7c8c(c6)C(C)(C)c6cccc9c(C)cc(c-8c69)C7(C)C)c6ccc(C)cc6)cc5)cc4)=CC(=C21)C3(C)C. The Labute approximate surface area is 446 Å². The van der Waals surface area contributed by atoms with Gasteiger partial charge in [-0.25, -0.2) is 0 Å². The molecule has 7 aromatic carbocycles. The summed E-state index contributed by atoms with van der Waals surface area (Å²) in [7, 11) is 0. The van der Waals surface area contributed by atoms with Crippen molar-refractivity contribution < 1.29 is 0 Å². The zero-order chi connectivity index (χ0) is 51.8. The van der Waals surface area contributed by atoms with E-state index in [-0.39, 0.29) is 21.7 Å². The molecule has 3 unspecified atom stereocenters. The molecule has 1 nitrogen and oxygen atoms in total. The van der Waals surface area contributed by atoms with E-state index in [2.05, 4.69) is 258 Å². The molecule has 3 atom stereocenters. The number of anilines is 2. The van der Waals surface area contributed by atoms with Crippen LogP contribution < -0.4 is 4.90 Å². The molecule has 0 aliphatic heterocycles. The Morgan fingerprint density at radius 1 is 0.560 bits per heavy atom. The third-order valence-electron chi connectivity index (χ3n) is 19.9. The number of benzene rings is 7. The van der Waals surface area contributed by atoms with Gasteiger partial charge in [-0.3, -0.25) is 0 Å². The Bertz CT molecular complexity index is 3900. The number of aryl methyl sites for hydroxylation is 3. The van der Waals surface area contributed by atoms with Gasteiger partial charge >= 0.3 is 0 Å². The predicted molar refractivity (Wildman–Crippen MR) is 317 cm³/mol. The molecular formula is C74H69N. The van der Waals surface area contributed by atoms with Gasteiger partial charge in [0.15, 0.2) is 0 Å². The second-order valence-corrected chi connectivity index (χ2v) is 25.6. The van der Waals surface area contributed by atoms with Crippen molar-refractivity contribution in [1.82, 2.24) is 0 Å². The standard InChI is InChI=1S/C74H69N/c1-42-19-23-49(24-20-42)56(37-46-38-61-67-62(39-46)73(9,10)59-35-44(3)54-15-13-17-57(71(61,5)6)65(54)69(59)67)50-27-25-47(26-28-50)48-29-33-52(34-30-48)75(51-31-21-43(2)22-32-51)53-40-63-68-64(41-53)74(11,12)60-36-45(4)55-16-14-18-58(72(63,7)8)66(55)70(60)68/h13-40,64,66,70H,41H2,1-12H3. The largest absolute Gasteiger partial charge is 0.314 e. The van der Waals surface area contributed by atoms with Crippen LogP contribution in [0.15, 0.2) is 203 Å². The summed E-state index contributed by atoms with van der Waals surface area (Å²) in [5.41, 5.74) is 32.9. The third-order valence-corrected chi connectivity index (χ3v) is 19.9. The molecule has 75 heavy (non-hydrogen) atoms. The van der Waals surface area contributed by atoms with E-state index in [1.165, 1.54) is 128 Å². The molecule has 0 heterocycles. The first-order chi connectivity index (χ1) is 35.8. The lowest BCUT2D eigenvalue weighted by atomic mass is 9.54. The van der Waals surface area contributed by atoms with Crippen LogP contribution in [0.25, 0.3) is 44.7 Å². The summed E-state index contributed by atoms with van der Waals surface area (Å²) in [6.07, 6.45) is 15.8. The quantitative estimate of drug-likeness (QED) is 0.144. The lowest BCUT2D eigenvalue weighted by molar-refractivity contribution is 0.330. The van der Waals surface area contributed by atoms with Gasteiger partial charge < -0.3 is 4.90 Å². The molecule has 0 radical (unpaired) electrons. The van der Waals surface area contributed by atoms with Crippen LogP contribution in [0.1, 0.15) is 124 Å². The van der Waals surface area contributed by atoms with Gasteiger partial charge in [0.2, 0.25) is 0 Å². The molecule has 0 aromatic heterocycles. The molecule has 0 saturated heterocycles. The third kappa shape index (κ3) is 6.43. The van der Waals surface area contributed by atoms with Crippen molar-refractivity contribution in [2.75, 3.05) is 4.90 Å². The summed E-state index contributed by atoms with van der Waals surface area (Å²) in [6.45, 7) is 28.9. The lowest BCUT2D eigenvalue weighted by Gasteiger charge is -2.50. The van der Waals surface area contributed by atoms with E-state index in [4.69, 9.17) is 0 Å². The monoisotopic (exact) mass is 972 g/mol. The minimum absolute atomic E-state index is 0.0462. The van der Waals surface area contributed by atoms with Crippen LogP contribution in [0, 0.1) is 49.4 Å². The average molecular weight is 972 g/mol. The smallest absolute Gasteiger partial charge is 0.0458 e. The van der Waals surface area contributed by atoms with Crippen LogP contribution in [-0.4, -0.2) is 0 Å². The molecule has 7 aliphatic rings. The maximum atomic E-state index is 2.62. The number of nitrogens with zero attached hydrogens (tertiary/aromatic N) is 1. The van der Waals surface area contributed by atoms with Crippen LogP contribution in [0.4, 0.5) is 11.4 Å². The number of rotatable bonds is 7. The predicted octanol–water partition coefficient (Wildman–Crippen LogP) is 19.4. The van der Waals surface area contributed by atoms with Crippen LogP contribution in [0.5, 0.6) is 0 Å². The summed E-state index contributed by atoms with van der Waals surface area (Å²) in [5.74, 6) is 1.33. The van der Waals surface area contributed by atoms with Gasteiger partial charge in [0.05, 0.1) is 0 Å². The molecule has 0 N–H and O–H groups in total. The molecule has 370 valence electrons. The lowest BCUT2D eigenvalue weighted by Crippen LogP contribution is -2.39. The van der Waals surface area contributed by atoms with Crippen molar-refractivity contribution in [3.63, 3.8) is 0 Å². The number of hydrogen-bond donors (Lipinski definition) is 0. The summed E-state index contributed by atoms with van der Waals surface area (Å²) in [5, 5.41) is 2.85. The zero-order valence-electron chi connectivity index (χ0n) is 46.1. The van der Waals surface area contributed by atoms with E-state index in [0.717, 1.165) is 6.42 Å². The first-order valence-corrected chi connectivity index (χ1v) is 27.7. The van der Waals surface area contributed by atoms with E-state index in [1.807, 2.05) is 0 Å². The maximum Gasteiger partial charge on any atom is 0.0458 e. The Balaban J connectivity index is 0.837. The van der Waals surface area contributed by atoms with Crippen molar-refractivity contribution in [2.24, 2.45) is 28.6 Å². The van der Waals surface area contributed by atoms with Gasteiger partial charge in [-0.1, -0.05) is 217 Å². The van der Waals surface area contributed by atoms with Crippen molar-refractivity contribution in [2.45, 2.75) is 100 Å². The highest BCUT2D eigenvalue weighted by atomic mass is 15.2. The molecule has 14 rings (SSSR count). The number of hydrogen-bond acceptors (Lipinski definition) is 1. The number of allylic oxidation sites excluding steroid dienone is 12. The molecular weight excluding hydrogens is 903 g/mol. The van der Waals surface area contributed by atoms with Gasteiger partial charge in [0.1, 0.15) is 0 Å². The van der Waals surface area contributed by atoms with E-state index < -0.39 is 0 Å². The highest BCUT2D eigenvalue weighted by Crippen LogP contribution is 2.70.